The van der Waals surface area contributed by atoms with Crippen LogP contribution >= 0.6 is 22.6 Å². The van der Waals surface area contributed by atoms with E-state index in [1.807, 2.05) is 24.3 Å². The second-order valence-corrected chi connectivity index (χ2v) is 5.24. The molecule has 0 amide bonds. The second kappa shape index (κ2) is 6.30. The van der Waals surface area contributed by atoms with Crippen molar-refractivity contribution in [3.05, 3.63) is 73.3 Å². The zero-order valence-corrected chi connectivity index (χ0v) is 12.4. The smallest absolute Gasteiger partial charge is 0.258 e. The van der Waals surface area contributed by atoms with Gasteiger partial charge in [0.2, 0.25) is 0 Å². The Balaban J connectivity index is 2.50. The molecule has 2 aromatic carbocycles. The Morgan fingerprint density at radius 3 is 2.45 bits per heavy atom. The molecule has 0 aliphatic carbocycles. The zero-order chi connectivity index (χ0) is 14.5. The van der Waals surface area contributed by atoms with Gasteiger partial charge in [0, 0.05) is 9.64 Å². The van der Waals surface area contributed by atoms with Crippen LogP contribution in [-0.2, 0) is 0 Å². The van der Waals surface area contributed by atoms with Crippen molar-refractivity contribution < 1.29 is 4.92 Å². The summed E-state index contributed by atoms with van der Waals surface area (Å²) in [5.74, 6) is 0. The van der Waals surface area contributed by atoms with Gasteiger partial charge in [-0.15, -0.1) is 0 Å². The van der Waals surface area contributed by atoms with Crippen molar-refractivity contribution in [2.24, 2.45) is 0 Å². The minimum Gasteiger partial charge on any atom is -0.258 e. The van der Waals surface area contributed by atoms with Crippen LogP contribution < -0.4 is 0 Å². The van der Waals surface area contributed by atoms with Crippen LogP contribution in [0.3, 0.4) is 0 Å². The highest BCUT2D eigenvalue weighted by molar-refractivity contribution is 14.1. The first-order chi connectivity index (χ1) is 9.61. The molecule has 0 unspecified atom stereocenters. The summed E-state index contributed by atoms with van der Waals surface area (Å²) >= 11 is 2.18. The van der Waals surface area contributed by atoms with Gasteiger partial charge < -0.3 is 0 Å². The summed E-state index contributed by atoms with van der Waals surface area (Å²) in [5.41, 5.74) is 1.56. The molecule has 4 nitrogen and oxygen atoms in total. The highest BCUT2D eigenvalue weighted by Gasteiger charge is 2.11. The maximum Gasteiger partial charge on any atom is 0.276 e. The molecule has 0 fully saturated rings. The van der Waals surface area contributed by atoms with E-state index in [0.717, 1.165) is 9.13 Å². The number of halogens is 1. The van der Waals surface area contributed by atoms with Gasteiger partial charge in [-0.05, 0) is 52.4 Å². The fraction of sp³-hybridized carbons (Fsp3) is 0. The third-order valence-corrected chi connectivity index (χ3v) is 3.43. The van der Waals surface area contributed by atoms with Gasteiger partial charge >= 0.3 is 0 Å². The van der Waals surface area contributed by atoms with Gasteiger partial charge in [-0.3, -0.25) is 10.1 Å². The molecule has 0 bridgehead atoms. The Kier molecular flexibility index (Phi) is 4.48. The van der Waals surface area contributed by atoms with Crippen LogP contribution in [0.2, 0.25) is 0 Å². The molecule has 2 rings (SSSR count). The van der Waals surface area contributed by atoms with E-state index in [9.17, 15) is 15.4 Å². The van der Waals surface area contributed by atoms with Gasteiger partial charge in [0.15, 0.2) is 0 Å². The molecule has 5 heteroatoms. The van der Waals surface area contributed by atoms with Crippen molar-refractivity contribution in [3.8, 4) is 6.07 Å². The maximum atomic E-state index is 11.0. The summed E-state index contributed by atoms with van der Waals surface area (Å²) in [7, 11) is 0. The fourth-order valence-corrected chi connectivity index (χ4v) is 2.10. The van der Waals surface area contributed by atoms with Gasteiger partial charge in [0.25, 0.3) is 5.69 Å². The van der Waals surface area contributed by atoms with Crippen molar-refractivity contribution in [2.75, 3.05) is 0 Å². The predicted molar refractivity (Wildman–Crippen MR) is 85.7 cm³/mol. The highest BCUT2D eigenvalue weighted by Crippen LogP contribution is 2.24. The summed E-state index contributed by atoms with van der Waals surface area (Å²) in [6.45, 7) is 0. The van der Waals surface area contributed by atoms with Crippen LogP contribution in [0.4, 0.5) is 5.69 Å². The molecule has 0 aromatic heterocycles. The Bertz CT molecular complexity index is 715. The van der Waals surface area contributed by atoms with Crippen molar-refractivity contribution in [2.45, 2.75) is 0 Å². The van der Waals surface area contributed by atoms with Crippen LogP contribution in [0, 0.1) is 25.0 Å². The largest absolute Gasteiger partial charge is 0.276 e. The van der Waals surface area contributed by atoms with Gasteiger partial charge in [-0.25, -0.2) is 0 Å². The number of rotatable bonds is 3. The van der Waals surface area contributed by atoms with E-state index in [1.165, 1.54) is 6.07 Å². The molecule has 0 N–H and O–H groups in total. The van der Waals surface area contributed by atoms with E-state index in [0.29, 0.717) is 11.1 Å². The average Bonchev–Trinajstić information content (AvgIpc) is 2.46. The van der Waals surface area contributed by atoms with Crippen LogP contribution in [0.25, 0.3) is 11.6 Å². The standard InChI is InChI=1S/C15H9IN2O2/c16-14-7-5-11(6-8-14)13(10-17)9-12-3-1-2-4-15(12)18(19)20/h1-9H/b13-9+. The van der Waals surface area contributed by atoms with Crippen molar-refractivity contribution in [1.82, 2.24) is 0 Å². The Morgan fingerprint density at radius 1 is 1.20 bits per heavy atom. The van der Waals surface area contributed by atoms with Gasteiger partial charge in [-0.1, -0.05) is 24.3 Å². The van der Waals surface area contributed by atoms with Gasteiger partial charge in [-0.2, -0.15) is 5.26 Å². The first-order valence-electron chi connectivity index (χ1n) is 5.73. The van der Waals surface area contributed by atoms with E-state index in [4.69, 9.17) is 0 Å². The third-order valence-electron chi connectivity index (χ3n) is 2.71. The topological polar surface area (TPSA) is 66.9 Å². The first kappa shape index (κ1) is 14.2. The lowest BCUT2D eigenvalue weighted by molar-refractivity contribution is -0.385. The molecular weight excluding hydrogens is 367 g/mol. The van der Waals surface area contributed by atoms with Crippen LogP contribution in [0.5, 0.6) is 0 Å². The molecule has 0 radical (unpaired) electrons. The lowest BCUT2D eigenvalue weighted by atomic mass is 10.0. The molecule has 20 heavy (non-hydrogen) atoms. The summed E-state index contributed by atoms with van der Waals surface area (Å²) < 4.78 is 1.06. The van der Waals surface area contributed by atoms with E-state index < -0.39 is 4.92 Å². The van der Waals surface area contributed by atoms with E-state index in [1.54, 1.807) is 24.3 Å². The molecule has 0 saturated carbocycles. The molecule has 98 valence electrons. The lowest BCUT2D eigenvalue weighted by Gasteiger charge is -2.01. The fourth-order valence-electron chi connectivity index (χ4n) is 1.74. The number of allylic oxidation sites excluding steroid dienone is 1. The monoisotopic (exact) mass is 376 g/mol. The van der Waals surface area contributed by atoms with Crippen molar-refractivity contribution in [1.29, 1.82) is 5.26 Å². The molecule has 0 atom stereocenters. The van der Waals surface area contributed by atoms with Gasteiger partial charge in [0.1, 0.15) is 0 Å². The molecule has 0 saturated heterocycles. The number of para-hydroxylation sites is 1. The zero-order valence-electron chi connectivity index (χ0n) is 10.3. The Labute approximate surface area is 129 Å². The third kappa shape index (κ3) is 3.22. The number of benzene rings is 2. The van der Waals surface area contributed by atoms with Gasteiger partial charge in [0.05, 0.1) is 22.1 Å². The Morgan fingerprint density at radius 2 is 1.85 bits per heavy atom. The lowest BCUT2D eigenvalue weighted by Crippen LogP contribution is -1.91. The second-order valence-electron chi connectivity index (χ2n) is 3.99. The molecule has 0 aliphatic rings. The normalized spacial score (nSPS) is 10.9. The predicted octanol–water partition coefficient (Wildman–Crippen LogP) is 4.26. The van der Waals surface area contributed by atoms with E-state index >= 15 is 0 Å². The number of nitrogens with zero attached hydrogens (tertiary/aromatic N) is 2. The first-order valence-corrected chi connectivity index (χ1v) is 6.81. The quantitative estimate of drug-likeness (QED) is 0.264. The van der Waals surface area contributed by atoms with E-state index in [2.05, 4.69) is 28.7 Å². The Hall–Kier alpha value is -2.20. The summed E-state index contributed by atoms with van der Waals surface area (Å²) in [6, 6.07) is 15.9. The van der Waals surface area contributed by atoms with Crippen LogP contribution in [0.15, 0.2) is 48.5 Å². The highest BCUT2D eigenvalue weighted by atomic mass is 127. The molecular formula is C15H9IN2O2. The number of nitriles is 1. The van der Waals surface area contributed by atoms with Crippen LogP contribution in [0.1, 0.15) is 11.1 Å². The van der Waals surface area contributed by atoms with Crippen molar-refractivity contribution >= 4 is 39.9 Å². The molecule has 0 aliphatic heterocycles. The number of nitro groups is 1. The summed E-state index contributed by atoms with van der Waals surface area (Å²) in [6.07, 6.45) is 1.54. The number of nitro benzene ring substituents is 1. The maximum absolute atomic E-state index is 11.0. The number of hydrogen-bond acceptors (Lipinski definition) is 3. The average molecular weight is 376 g/mol. The van der Waals surface area contributed by atoms with Crippen molar-refractivity contribution in [3.63, 3.8) is 0 Å². The SMILES string of the molecule is N#C/C(=C\c1ccccc1[N+](=O)[O-])c1ccc(I)cc1. The molecule has 2 aromatic rings. The minimum absolute atomic E-state index is 0.00855. The van der Waals surface area contributed by atoms with Crippen LogP contribution in [-0.4, -0.2) is 4.92 Å². The minimum atomic E-state index is -0.450. The molecule has 0 spiro atoms. The number of hydrogen-bond donors (Lipinski definition) is 0. The van der Waals surface area contributed by atoms with E-state index in [-0.39, 0.29) is 5.69 Å². The summed E-state index contributed by atoms with van der Waals surface area (Å²) in [4.78, 5) is 10.5. The summed E-state index contributed by atoms with van der Waals surface area (Å²) in [5, 5.41) is 20.2. The molecule has 0 heterocycles.